The van der Waals surface area contributed by atoms with Gasteiger partial charge < -0.3 is 10.1 Å². The third kappa shape index (κ3) is 5.06. The summed E-state index contributed by atoms with van der Waals surface area (Å²) in [5.74, 6) is -1.27. The van der Waals surface area contributed by atoms with Crippen LogP contribution in [0.5, 0.6) is 0 Å². The van der Waals surface area contributed by atoms with Gasteiger partial charge in [0.15, 0.2) is 6.10 Å². The maximum absolute atomic E-state index is 11.9. The van der Waals surface area contributed by atoms with Crippen molar-refractivity contribution in [1.29, 1.82) is 0 Å². The van der Waals surface area contributed by atoms with Crippen LogP contribution in [0, 0.1) is 10.1 Å². The number of nitro groups is 1. The number of hydrogen-bond donors (Lipinski definition) is 1. The number of esters is 1. The van der Waals surface area contributed by atoms with Crippen LogP contribution < -0.4 is 5.32 Å². The van der Waals surface area contributed by atoms with E-state index in [4.69, 9.17) is 4.74 Å². The van der Waals surface area contributed by atoms with Gasteiger partial charge in [-0.05, 0) is 19.4 Å². The van der Waals surface area contributed by atoms with E-state index < -0.39 is 22.9 Å². The summed E-state index contributed by atoms with van der Waals surface area (Å²) in [6.45, 7) is 3.25. The van der Waals surface area contributed by atoms with Crippen molar-refractivity contribution in [2.75, 3.05) is 5.32 Å². The van der Waals surface area contributed by atoms with Crippen LogP contribution in [0.3, 0.4) is 0 Å². The van der Waals surface area contributed by atoms with E-state index in [2.05, 4.69) is 5.32 Å². The molecule has 0 saturated carbocycles. The second kappa shape index (κ2) is 7.78. The second-order valence-corrected chi connectivity index (χ2v) is 4.15. The zero-order valence-corrected chi connectivity index (χ0v) is 11.7. The molecule has 1 rings (SSSR count). The SMILES string of the molecule is CC/C=C/C(=O)O[C@@H](C)C(=O)Nc1ccccc1[N+](=O)[O-]. The van der Waals surface area contributed by atoms with Gasteiger partial charge in [0.1, 0.15) is 5.69 Å². The number of allylic oxidation sites excluding steroid dienone is 1. The summed E-state index contributed by atoms with van der Waals surface area (Å²) in [5.41, 5.74) is -0.172. The number of nitro benzene ring substituents is 1. The van der Waals surface area contributed by atoms with Crippen LogP contribution in [0.15, 0.2) is 36.4 Å². The molecule has 112 valence electrons. The van der Waals surface area contributed by atoms with E-state index in [0.717, 1.165) is 0 Å². The molecule has 0 spiro atoms. The molecule has 0 heterocycles. The number of carbonyl (C=O) groups is 2. The third-order valence-corrected chi connectivity index (χ3v) is 2.51. The number of ether oxygens (including phenoxy) is 1. The van der Waals surface area contributed by atoms with Gasteiger partial charge in [0.05, 0.1) is 4.92 Å². The molecule has 0 bridgehead atoms. The number of para-hydroxylation sites is 2. The van der Waals surface area contributed by atoms with Crippen LogP contribution in [0.25, 0.3) is 0 Å². The molecule has 1 aromatic rings. The molecular formula is C14H16N2O5. The third-order valence-electron chi connectivity index (χ3n) is 2.51. The van der Waals surface area contributed by atoms with E-state index >= 15 is 0 Å². The summed E-state index contributed by atoms with van der Waals surface area (Å²) in [5, 5.41) is 13.2. The Hall–Kier alpha value is -2.70. The molecule has 0 unspecified atom stereocenters. The standard InChI is InChI=1S/C14H16N2O5/c1-3-4-9-13(17)21-10(2)14(18)15-11-7-5-6-8-12(11)16(19)20/h4-10H,3H2,1-2H3,(H,15,18)/b9-4+/t10-/m0/s1. The highest BCUT2D eigenvalue weighted by Gasteiger charge is 2.20. The molecule has 7 heteroatoms. The van der Waals surface area contributed by atoms with Crippen LogP contribution in [-0.2, 0) is 14.3 Å². The molecular weight excluding hydrogens is 276 g/mol. The minimum absolute atomic E-state index is 0.0551. The lowest BCUT2D eigenvalue weighted by Gasteiger charge is -2.12. The minimum atomic E-state index is -1.06. The van der Waals surface area contributed by atoms with Crippen molar-refractivity contribution in [3.8, 4) is 0 Å². The first-order valence-electron chi connectivity index (χ1n) is 6.37. The van der Waals surface area contributed by atoms with Gasteiger partial charge >= 0.3 is 5.97 Å². The van der Waals surface area contributed by atoms with Gasteiger partial charge in [-0.1, -0.05) is 25.1 Å². The maximum Gasteiger partial charge on any atom is 0.331 e. The minimum Gasteiger partial charge on any atom is -0.449 e. The van der Waals surface area contributed by atoms with Crippen molar-refractivity contribution < 1.29 is 19.2 Å². The molecule has 1 N–H and O–H groups in total. The summed E-state index contributed by atoms with van der Waals surface area (Å²) >= 11 is 0. The molecule has 1 aromatic carbocycles. The number of nitrogens with one attached hydrogen (secondary N) is 1. The van der Waals surface area contributed by atoms with Crippen molar-refractivity contribution in [2.24, 2.45) is 0 Å². The van der Waals surface area contributed by atoms with E-state index in [1.807, 2.05) is 6.92 Å². The highest BCUT2D eigenvalue weighted by Crippen LogP contribution is 2.23. The van der Waals surface area contributed by atoms with Crippen LogP contribution >= 0.6 is 0 Å². The Labute approximate surface area is 121 Å². The van der Waals surface area contributed by atoms with E-state index in [1.165, 1.54) is 31.2 Å². The fourth-order valence-electron chi connectivity index (χ4n) is 1.45. The molecule has 0 aliphatic heterocycles. The van der Waals surface area contributed by atoms with Gasteiger partial charge in [-0.25, -0.2) is 4.79 Å². The molecule has 0 fully saturated rings. The zero-order valence-electron chi connectivity index (χ0n) is 11.7. The van der Waals surface area contributed by atoms with Gasteiger partial charge in [0.25, 0.3) is 11.6 Å². The number of rotatable bonds is 6. The predicted molar refractivity (Wildman–Crippen MR) is 76.7 cm³/mol. The Bertz CT molecular complexity index is 568. The molecule has 21 heavy (non-hydrogen) atoms. The monoisotopic (exact) mass is 292 g/mol. The van der Waals surface area contributed by atoms with Crippen LogP contribution in [0.2, 0.25) is 0 Å². The predicted octanol–water partition coefficient (Wildman–Crippen LogP) is 2.43. The van der Waals surface area contributed by atoms with Crippen molar-refractivity contribution in [3.05, 3.63) is 46.5 Å². The summed E-state index contributed by atoms with van der Waals surface area (Å²) < 4.78 is 4.88. The maximum atomic E-state index is 11.9. The number of carbonyl (C=O) groups excluding carboxylic acids is 2. The smallest absolute Gasteiger partial charge is 0.331 e. The Balaban J connectivity index is 2.71. The van der Waals surface area contributed by atoms with Gasteiger partial charge in [0, 0.05) is 12.1 Å². The van der Waals surface area contributed by atoms with Crippen molar-refractivity contribution in [1.82, 2.24) is 0 Å². The number of hydrogen-bond acceptors (Lipinski definition) is 5. The van der Waals surface area contributed by atoms with Gasteiger partial charge in [0.2, 0.25) is 0 Å². The van der Waals surface area contributed by atoms with Crippen LogP contribution in [0.4, 0.5) is 11.4 Å². The number of nitrogens with zero attached hydrogens (tertiary/aromatic N) is 1. The number of anilines is 1. The second-order valence-electron chi connectivity index (χ2n) is 4.15. The first kappa shape index (κ1) is 16.4. The summed E-state index contributed by atoms with van der Waals surface area (Å²) in [6.07, 6.45) is 2.45. The Morgan fingerprint density at radius 1 is 1.43 bits per heavy atom. The van der Waals surface area contributed by atoms with E-state index in [9.17, 15) is 19.7 Å². The van der Waals surface area contributed by atoms with Gasteiger partial charge in [-0.3, -0.25) is 14.9 Å². The zero-order chi connectivity index (χ0) is 15.8. The van der Waals surface area contributed by atoms with Crippen molar-refractivity contribution >= 4 is 23.3 Å². The molecule has 1 amide bonds. The van der Waals surface area contributed by atoms with Gasteiger partial charge in [-0.15, -0.1) is 0 Å². The highest BCUT2D eigenvalue weighted by atomic mass is 16.6. The lowest BCUT2D eigenvalue weighted by atomic mass is 10.2. The van der Waals surface area contributed by atoms with Crippen LogP contribution in [-0.4, -0.2) is 22.9 Å². The topological polar surface area (TPSA) is 98.5 Å². The lowest BCUT2D eigenvalue weighted by Crippen LogP contribution is -2.29. The summed E-state index contributed by atoms with van der Waals surface area (Å²) in [7, 11) is 0. The Morgan fingerprint density at radius 2 is 2.10 bits per heavy atom. The molecule has 0 radical (unpaired) electrons. The Kier molecular flexibility index (Phi) is 6.06. The van der Waals surface area contributed by atoms with E-state index in [1.54, 1.807) is 12.1 Å². The summed E-state index contributed by atoms with van der Waals surface area (Å²) in [6, 6.07) is 5.73. The molecule has 0 aliphatic carbocycles. The fourth-order valence-corrected chi connectivity index (χ4v) is 1.45. The first-order valence-corrected chi connectivity index (χ1v) is 6.37. The molecule has 0 saturated heterocycles. The number of benzene rings is 1. The van der Waals surface area contributed by atoms with E-state index in [-0.39, 0.29) is 11.4 Å². The quantitative estimate of drug-likeness (QED) is 0.376. The largest absolute Gasteiger partial charge is 0.449 e. The average molecular weight is 292 g/mol. The van der Waals surface area contributed by atoms with Gasteiger partial charge in [-0.2, -0.15) is 0 Å². The molecule has 7 nitrogen and oxygen atoms in total. The normalized spacial score (nSPS) is 11.9. The fraction of sp³-hybridized carbons (Fsp3) is 0.286. The first-order chi connectivity index (χ1) is 9.95. The molecule has 0 aromatic heterocycles. The van der Waals surface area contributed by atoms with Crippen molar-refractivity contribution in [2.45, 2.75) is 26.4 Å². The summed E-state index contributed by atoms with van der Waals surface area (Å²) in [4.78, 5) is 33.4. The van der Waals surface area contributed by atoms with E-state index in [0.29, 0.717) is 6.42 Å². The molecule has 1 atom stereocenters. The average Bonchev–Trinajstić information content (AvgIpc) is 2.45. The highest BCUT2D eigenvalue weighted by molar-refractivity contribution is 5.97. The van der Waals surface area contributed by atoms with Crippen LogP contribution in [0.1, 0.15) is 20.3 Å². The number of amides is 1. The Morgan fingerprint density at radius 3 is 2.71 bits per heavy atom. The molecule has 0 aliphatic rings. The lowest BCUT2D eigenvalue weighted by molar-refractivity contribution is -0.383. The van der Waals surface area contributed by atoms with Crippen molar-refractivity contribution in [3.63, 3.8) is 0 Å².